The minimum absolute atomic E-state index is 0.208. The Labute approximate surface area is 163 Å². The molecule has 0 amide bonds. The van der Waals surface area contributed by atoms with Crippen molar-refractivity contribution in [3.63, 3.8) is 0 Å². The summed E-state index contributed by atoms with van der Waals surface area (Å²) < 4.78 is 5.32. The molecule has 0 unspecified atom stereocenters. The van der Waals surface area contributed by atoms with Gasteiger partial charge in [-0.05, 0) is 12.5 Å². The van der Waals surface area contributed by atoms with Gasteiger partial charge in [-0.15, -0.1) is 0 Å². The Bertz CT molecular complexity index is 641. The standard InChI is InChI=1S/C23H31N2O2/c1-2-3-4-5-6-7-8-9-10-14-17-22(26)27-21-18-24-23(25-19-21)20-15-12-11-13-16-20/h12-13,15-16,18-19H,2-10,14,17H2,1H3. The van der Waals surface area contributed by atoms with Crippen molar-refractivity contribution in [3.05, 3.63) is 42.7 Å². The van der Waals surface area contributed by atoms with Crippen LogP contribution in [-0.2, 0) is 4.79 Å². The van der Waals surface area contributed by atoms with Gasteiger partial charge in [0.05, 0.1) is 12.4 Å². The van der Waals surface area contributed by atoms with Crippen molar-refractivity contribution >= 4 is 5.97 Å². The molecule has 1 heterocycles. The monoisotopic (exact) mass is 367 g/mol. The van der Waals surface area contributed by atoms with Crippen LogP contribution in [0.25, 0.3) is 11.4 Å². The van der Waals surface area contributed by atoms with E-state index in [2.05, 4.69) is 23.0 Å². The Kier molecular flexibility index (Phi) is 10.2. The van der Waals surface area contributed by atoms with E-state index in [1.54, 1.807) is 12.4 Å². The van der Waals surface area contributed by atoms with E-state index in [-0.39, 0.29) is 5.97 Å². The molecule has 27 heavy (non-hydrogen) atoms. The molecule has 0 bridgehead atoms. The summed E-state index contributed by atoms with van der Waals surface area (Å²) in [6, 6.07) is 10.4. The van der Waals surface area contributed by atoms with Crippen LogP contribution in [0.15, 0.2) is 36.7 Å². The number of aromatic nitrogens is 2. The first-order chi connectivity index (χ1) is 13.3. The van der Waals surface area contributed by atoms with Gasteiger partial charge >= 0.3 is 5.97 Å². The Morgan fingerprint density at radius 1 is 0.889 bits per heavy atom. The fraction of sp³-hybridized carbons (Fsp3) is 0.522. The number of hydrogen-bond donors (Lipinski definition) is 0. The first kappa shape index (κ1) is 21.1. The highest BCUT2D eigenvalue weighted by Crippen LogP contribution is 2.16. The van der Waals surface area contributed by atoms with E-state index in [0.717, 1.165) is 18.4 Å². The zero-order chi connectivity index (χ0) is 19.2. The molecular formula is C23H31N2O2. The van der Waals surface area contributed by atoms with Crippen LogP contribution < -0.4 is 4.74 Å². The lowest BCUT2D eigenvalue weighted by Crippen LogP contribution is -2.08. The molecule has 1 aromatic heterocycles. The number of carbonyl (C=O) groups excluding carboxylic acids is 1. The molecule has 4 nitrogen and oxygen atoms in total. The lowest BCUT2D eigenvalue weighted by Gasteiger charge is -2.05. The molecule has 0 aliphatic rings. The summed E-state index contributed by atoms with van der Waals surface area (Å²) in [6.07, 6.45) is 16.1. The number of benzene rings is 1. The van der Waals surface area contributed by atoms with Gasteiger partial charge in [-0.25, -0.2) is 9.97 Å². The van der Waals surface area contributed by atoms with Gasteiger partial charge in [0.1, 0.15) is 0 Å². The maximum atomic E-state index is 11.9. The normalized spacial score (nSPS) is 10.7. The average Bonchev–Trinajstić information content (AvgIpc) is 2.70. The van der Waals surface area contributed by atoms with Gasteiger partial charge in [0.2, 0.25) is 0 Å². The minimum atomic E-state index is -0.208. The van der Waals surface area contributed by atoms with E-state index in [1.807, 2.05) is 24.3 Å². The number of rotatable bonds is 13. The van der Waals surface area contributed by atoms with Gasteiger partial charge in [0.25, 0.3) is 0 Å². The molecule has 0 N–H and O–H groups in total. The summed E-state index contributed by atoms with van der Waals surface area (Å²) >= 11 is 0. The Morgan fingerprint density at radius 2 is 1.44 bits per heavy atom. The van der Waals surface area contributed by atoms with E-state index in [9.17, 15) is 4.79 Å². The summed E-state index contributed by atoms with van der Waals surface area (Å²) in [6.45, 7) is 2.25. The number of nitrogens with zero attached hydrogens (tertiary/aromatic N) is 2. The quantitative estimate of drug-likeness (QED) is 0.314. The van der Waals surface area contributed by atoms with Crippen molar-refractivity contribution in [2.45, 2.75) is 77.6 Å². The lowest BCUT2D eigenvalue weighted by molar-refractivity contribution is -0.134. The summed E-state index contributed by atoms with van der Waals surface area (Å²) in [5.74, 6) is 0.803. The third kappa shape index (κ3) is 8.80. The summed E-state index contributed by atoms with van der Waals surface area (Å²) in [5.41, 5.74) is 0.914. The van der Waals surface area contributed by atoms with E-state index in [1.165, 1.54) is 51.4 Å². The van der Waals surface area contributed by atoms with Gasteiger partial charge in [-0.2, -0.15) is 0 Å². The molecule has 0 atom stereocenters. The highest BCUT2D eigenvalue weighted by atomic mass is 16.5. The lowest BCUT2D eigenvalue weighted by atomic mass is 10.1. The molecule has 0 saturated carbocycles. The minimum Gasteiger partial charge on any atom is -0.423 e. The van der Waals surface area contributed by atoms with Gasteiger partial charge in [-0.3, -0.25) is 4.79 Å². The van der Waals surface area contributed by atoms with Gasteiger partial charge < -0.3 is 4.74 Å². The second-order valence-electron chi connectivity index (χ2n) is 6.94. The number of esters is 1. The van der Waals surface area contributed by atoms with Crippen molar-refractivity contribution in [2.75, 3.05) is 0 Å². The molecule has 0 aliphatic carbocycles. The number of unbranched alkanes of at least 4 members (excludes halogenated alkanes) is 9. The Balaban J connectivity index is 1.55. The first-order valence-electron chi connectivity index (χ1n) is 10.3. The van der Waals surface area contributed by atoms with E-state index in [4.69, 9.17) is 4.74 Å². The SMILES string of the molecule is CCCCCCCCCCCCC(=O)Oc1cnc(-c2cc[c]cc2)nc1. The molecule has 0 saturated heterocycles. The van der Waals surface area contributed by atoms with E-state index >= 15 is 0 Å². The first-order valence-corrected chi connectivity index (χ1v) is 10.3. The van der Waals surface area contributed by atoms with Crippen LogP contribution in [-0.4, -0.2) is 15.9 Å². The molecule has 1 aromatic carbocycles. The highest BCUT2D eigenvalue weighted by Gasteiger charge is 2.07. The number of carbonyl (C=O) groups is 1. The van der Waals surface area contributed by atoms with Crippen LogP contribution in [0.4, 0.5) is 0 Å². The largest absolute Gasteiger partial charge is 0.423 e. The van der Waals surface area contributed by atoms with Crippen LogP contribution in [0.2, 0.25) is 0 Å². The highest BCUT2D eigenvalue weighted by molar-refractivity contribution is 5.72. The third-order valence-corrected chi connectivity index (χ3v) is 4.57. The van der Waals surface area contributed by atoms with Gasteiger partial charge in [-0.1, -0.05) is 89.0 Å². The van der Waals surface area contributed by atoms with Gasteiger partial charge in [0, 0.05) is 12.0 Å². The topological polar surface area (TPSA) is 52.1 Å². The van der Waals surface area contributed by atoms with Crippen molar-refractivity contribution in [1.29, 1.82) is 0 Å². The van der Waals surface area contributed by atoms with Crippen LogP contribution in [0, 0.1) is 6.07 Å². The zero-order valence-electron chi connectivity index (χ0n) is 16.5. The van der Waals surface area contributed by atoms with Crippen LogP contribution in [0.1, 0.15) is 77.6 Å². The average molecular weight is 368 g/mol. The zero-order valence-corrected chi connectivity index (χ0v) is 16.5. The molecule has 2 aromatic rings. The van der Waals surface area contributed by atoms with Crippen LogP contribution in [0.5, 0.6) is 5.75 Å². The number of hydrogen-bond acceptors (Lipinski definition) is 4. The second kappa shape index (κ2) is 13.0. The summed E-state index contributed by atoms with van der Waals surface area (Å²) in [7, 11) is 0. The molecule has 0 fully saturated rings. The maximum Gasteiger partial charge on any atom is 0.311 e. The predicted molar refractivity (Wildman–Crippen MR) is 108 cm³/mol. The van der Waals surface area contributed by atoms with Crippen molar-refractivity contribution < 1.29 is 9.53 Å². The van der Waals surface area contributed by atoms with E-state index in [0.29, 0.717) is 18.0 Å². The maximum absolute atomic E-state index is 11.9. The molecule has 1 radical (unpaired) electrons. The van der Waals surface area contributed by atoms with Crippen LogP contribution >= 0.6 is 0 Å². The molecule has 145 valence electrons. The smallest absolute Gasteiger partial charge is 0.311 e. The summed E-state index contributed by atoms with van der Waals surface area (Å²) in [5, 5.41) is 0. The summed E-state index contributed by atoms with van der Waals surface area (Å²) in [4.78, 5) is 20.4. The Morgan fingerprint density at radius 3 is 2.04 bits per heavy atom. The molecule has 4 heteroatoms. The fourth-order valence-corrected chi connectivity index (χ4v) is 2.99. The molecule has 0 aliphatic heterocycles. The molecule has 0 spiro atoms. The molecule has 2 rings (SSSR count). The predicted octanol–water partition coefficient (Wildman–Crippen LogP) is 6.16. The third-order valence-electron chi connectivity index (χ3n) is 4.57. The van der Waals surface area contributed by atoms with Crippen LogP contribution in [0.3, 0.4) is 0 Å². The van der Waals surface area contributed by atoms with Crippen molar-refractivity contribution in [1.82, 2.24) is 9.97 Å². The van der Waals surface area contributed by atoms with E-state index < -0.39 is 0 Å². The second-order valence-corrected chi connectivity index (χ2v) is 6.94. The van der Waals surface area contributed by atoms with Crippen molar-refractivity contribution in [2.24, 2.45) is 0 Å². The van der Waals surface area contributed by atoms with Crippen molar-refractivity contribution in [3.8, 4) is 17.1 Å². The van der Waals surface area contributed by atoms with Gasteiger partial charge in [0.15, 0.2) is 11.6 Å². The number of ether oxygens (including phenoxy) is 1. The molecular weight excluding hydrogens is 336 g/mol. The Hall–Kier alpha value is -2.23. The fourth-order valence-electron chi connectivity index (χ4n) is 2.99.